The Labute approximate surface area is 183 Å². The molecule has 1 saturated heterocycles. The number of nitrogens with zero attached hydrogens (tertiary/aromatic N) is 2. The Morgan fingerprint density at radius 3 is 2.70 bits per heavy atom. The molecule has 0 aromatic heterocycles. The van der Waals surface area contributed by atoms with Gasteiger partial charge in [-0.2, -0.15) is 0 Å². The summed E-state index contributed by atoms with van der Waals surface area (Å²) in [5, 5.41) is 7.44. The molecule has 2 rings (SSSR count). The van der Waals surface area contributed by atoms with E-state index in [1.54, 1.807) is 14.2 Å². The summed E-state index contributed by atoms with van der Waals surface area (Å²) in [5.74, 6) is 0.461. The molecule has 27 heavy (non-hydrogen) atoms. The molecule has 152 valence electrons. The summed E-state index contributed by atoms with van der Waals surface area (Å²) in [6.45, 7) is 2.60. The summed E-state index contributed by atoms with van der Waals surface area (Å²) in [7, 11) is 3.43. The number of likely N-dealkylation sites (tertiary alicyclic amines) is 1. The zero-order valence-electron chi connectivity index (χ0n) is 15.8. The van der Waals surface area contributed by atoms with Gasteiger partial charge in [0.2, 0.25) is 5.91 Å². The Bertz CT molecular complexity index is 624. The van der Waals surface area contributed by atoms with Gasteiger partial charge in [0.15, 0.2) is 5.96 Å². The van der Waals surface area contributed by atoms with E-state index in [-0.39, 0.29) is 36.0 Å². The Hall–Kier alpha value is -1.10. The Kier molecular flexibility index (Phi) is 11.0. The Morgan fingerprint density at radius 1 is 1.44 bits per heavy atom. The van der Waals surface area contributed by atoms with E-state index in [1.807, 2.05) is 24.3 Å². The van der Waals surface area contributed by atoms with Gasteiger partial charge in [-0.3, -0.25) is 14.7 Å². The monoisotopic (exact) mass is 509 g/mol. The minimum Gasteiger partial charge on any atom is -0.375 e. The number of methoxy groups -OCH3 is 1. The number of benzene rings is 1. The van der Waals surface area contributed by atoms with Crippen LogP contribution in [0.1, 0.15) is 24.5 Å². The van der Waals surface area contributed by atoms with Crippen LogP contribution in [-0.4, -0.2) is 63.1 Å². The quantitative estimate of drug-likeness (QED) is 0.296. The van der Waals surface area contributed by atoms with Gasteiger partial charge in [-0.25, -0.2) is 0 Å². The van der Waals surface area contributed by atoms with Crippen molar-refractivity contribution in [1.82, 2.24) is 15.5 Å². The number of primary amides is 1. The summed E-state index contributed by atoms with van der Waals surface area (Å²) in [4.78, 5) is 17.4. The highest BCUT2D eigenvalue weighted by atomic mass is 127. The molecule has 9 heteroatoms. The van der Waals surface area contributed by atoms with Crippen LogP contribution in [0.15, 0.2) is 29.3 Å². The first kappa shape index (κ1) is 23.9. The number of amides is 1. The average Bonchev–Trinajstić information content (AvgIpc) is 2.62. The van der Waals surface area contributed by atoms with Gasteiger partial charge in [-0.1, -0.05) is 23.7 Å². The van der Waals surface area contributed by atoms with Crippen LogP contribution in [0.4, 0.5) is 0 Å². The number of guanidine groups is 1. The zero-order valence-corrected chi connectivity index (χ0v) is 18.9. The molecule has 0 aliphatic carbocycles. The lowest BCUT2D eigenvalue weighted by atomic mass is 10.1. The van der Waals surface area contributed by atoms with E-state index in [4.69, 9.17) is 22.1 Å². The molecule has 1 heterocycles. The molecule has 0 saturated carbocycles. The van der Waals surface area contributed by atoms with Crippen LogP contribution in [0.5, 0.6) is 0 Å². The Morgan fingerprint density at radius 2 is 2.15 bits per heavy atom. The van der Waals surface area contributed by atoms with E-state index in [9.17, 15) is 4.79 Å². The molecule has 1 amide bonds. The van der Waals surface area contributed by atoms with Gasteiger partial charge >= 0.3 is 0 Å². The first-order valence-electron chi connectivity index (χ1n) is 8.78. The number of ether oxygens (including phenoxy) is 1. The number of carbonyl (C=O) groups excluding carboxylic acids is 1. The van der Waals surface area contributed by atoms with Crippen molar-refractivity contribution < 1.29 is 9.53 Å². The lowest BCUT2D eigenvalue weighted by Gasteiger charge is -2.32. The maximum absolute atomic E-state index is 11.0. The molecule has 1 fully saturated rings. The molecule has 4 N–H and O–H groups in total. The van der Waals surface area contributed by atoms with Crippen LogP contribution in [0, 0.1) is 0 Å². The third-order valence-corrected chi connectivity index (χ3v) is 4.73. The van der Waals surface area contributed by atoms with Gasteiger partial charge in [0, 0.05) is 44.9 Å². The first-order valence-corrected chi connectivity index (χ1v) is 9.15. The van der Waals surface area contributed by atoms with Gasteiger partial charge in [0.1, 0.15) is 0 Å². The van der Waals surface area contributed by atoms with Crippen LogP contribution in [0.25, 0.3) is 0 Å². The fourth-order valence-electron chi connectivity index (χ4n) is 3.08. The predicted molar refractivity (Wildman–Crippen MR) is 120 cm³/mol. The number of halogens is 2. The molecule has 1 aromatic carbocycles. The fraction of sp³-hybridized carbons (Fsp3) is 0.556. The summed E-state index contributed by atoms with van der Waals surface area (Å²) in [5.41, 5.74) is 6.27. The first-order chi connectivity index (χ1) is 12.5. The molecule has 1 aliphatic heterocycles. The predicted octanol–water partition coefficient (Wildman–Crippen LogP) is 1.76. The van der Waals surface area contributed by atoms with Crippen LogP contribution in [-0.2, 0) is 9.53 Å². The van der Waals surface area contributed by atoms with Gasteiger partial charge in [-0.15, -0.1) is 24.0 Å². The second-order valence-electron chi connectivity index (χ2n) is 6.39. The standard InChI is InChI=1S/C18H28ClN5O2.HI/c1-21-18(23-15-6-8-24(9-7-15)12-17(20)25)22-11-16(26-2)13-4-3-5-14(19)10-13;/h3-5,10,15-16H,6-9,11-12H2,1-2H3,(H2,20,25)(H2,21,22,23);1H. The third-order valence-electron chi connectivity index (χ3n) is 4.49. The lowest BCUT2D eigenvalue weighted by Crippen LogP contribution is -2.50. The highest BCUT2D eigenvalue weighted by Gasteiger charge is 2.21. The van der Waals surface area contributed by atoms with Crippen molar-refractivity contribution in [2.45, 2.75) is 25.0 Å². The van der Waals surface area contributed by atoms with Gasteiger partial charge in [0.25, 0.3) is 0 Å². The van der Waals surface area contributed by atoms with Crippen molar-refractivity contribution in [2.24, 2.45) is 10.7 Å². The van der Waals surface area contributed by atoms with E-state index in [0.717, 1.165) is 37.5 Å². The molecule has 1 aliphatic rings. The molecule has 7 nitrogen and oxygen atoms in total. The number of rotatable bonds is 7. The number of hydrogen-bond donors (Lipinski definition) is 3. The number of piperidine rings is 1. The number of nitrogens with one attached hydrogen (secondary N) is 2. The van der Waals surface area contributed by atoms with Gasteiger partial charge in [-0.05, 0) is 30.5 Å². The minimum absolute atomic E-state index is 0. The van der Waals surface area contributed by atoms with E-state index < -0.39 is 0 Å². The average molecular weight is 510 g/mol. The highest BCUT2D eigenvalue weighted by molar-refractivity contribution is 14.0. The van der Waals surface area contributed by atoms with Crippen molar-refractivity contribution in [2.75, 3.05) is 40.3 Å². The second-order valence-corrected chi connectivity index (χ2v) is 6.83. The minimum atomic E-state index is -0.277. The normalized spacial score (nSPS) is 17.1. The summed E-state index contributed by atoms with van der Waals surface area (Å²) in [6, 6.07) is 7.97. The number of hydrogen-bond acceptors (Lipinski definition) is 4. The van der Waals surface area contributed by atoms with Crippen molar-refractivity contribution in [3.05, 3.63) is 34.9 Å². The van der Waals surface area contributed by atoms with Crippen LogP contribution in [0.2, 0.25) is 5.02 Å². The van der Waals surface area contributed by atoms with Crippen LogP contribution < -0.4 is 16.4 Å². The van der Waals surface area contributed by atoms with E-state index in [2.05, 4.69) is 20.5 Å². The number of carbonyl (C=O) groups is 1. The zero-order chi connectivity index (χ0) is 18.9. The maximum atomic E-state index is 11.0. The van der Waals surface area contributed by atoms with Crippen LogP contribution >= 0.6 is 35.6 Å². The van der Waals surface area contributed by atoms with E-state index in [1.165, 1.54) is 0 Å². The van der Waals surface area contributed by atoms with Crippen molar-refractivity contribution >= 4 is 47.4 Å². The number of aliphatic imine (C=N–C) groups is 1. The molecular weight excluding hydrogens is 481 g/mol. The molecule has 0 spiro atoms. The molecule has 0 bridgehead atoms. The summed E-state index contributed by atoms with van der Waals surface area (Å²) in [6.07, 6.45) is 1.76. The topological polar surface area (TPSA) is 92.0 Å². The number of nitrogens with two attached hydrogens (primary N) is 1. The molecule has 1 unspecified atom stereocenters. The smallest absolute Gasteiger partial charge is 0.231 e. The second kappa shape index (κ2) is 12.4. The third kappa shape index (κ3) is 8.20. The van der Waals surface area contributed by atoms with E-state index in [0.29, 0.717) is 24.2 Å². The fourth-order valence-corrected chi connectivity index (χ4v) is 3.28. The lowest BCUT2D eigenvalue weighted by molar-refractivity contribution is -0.119. The summed E-state index contributed by atoms with van der Waals surface area (Å²) >= 11 is 6.06. The van der Waals surface area contributed by atoms with Gasteiger partial charge < -0.3 is 21.1 Å². The summed E-state index contributed by atoms with van der Waals surface area (Å²) < 4.78 is 5.57. The highest BCUT2D eigenvalue weighted by Crippen LogP contribution is 2.19. The molecule has 1 aromatic rings. The molecule has 0 radical (unpaired) electrons. The van der Waals surface area contributed by atoms with Crippen molar-refractivity contribution in [3.63, 3.8) is 0 Å². The van der Waals surface area contributed by atoms with Crippen molar-refractivity contribution in [1.29, 1.82) is 0 Å². The SMILES string of the molecule is CN=C(NCC(OC)c1cccc(Cl)c1)NC1CCN(CC(N)=O)CC1.I. The largest absolute Gasteiger partial charge is 0.375 e. The molecule has 1 atom stereocenters. The van der Waals surface area contributed by atoms with Crippen LogP contribution in [0.3, 0.4) is 0 Å². The van der Waals surface area contributed by atoms with Crippen molar-refractivity contribution in [3.8, 4) is 0 Å². The molecular formula is C18H29ClIN5O2. The van der Waals surface area contributed by atoms with E-state index >= 15 is 0 Å². The van der Waals surface area contributed by atoms with Gasteiger partial charge in [0.05, 0.1) is 12.6 Å². The Balaban J connectivity index is 0.00000364. The maximum Gasteiger partial charge on any atom is 0.231 e.